The van der Waals surface area contributed by atoms with Crippen LogP contribution in [-0.2, 0) is 6.18 Å². The van der Waals surface area contributed by atoms with Crippen LogP contribution in [0, 0.1) is 0 Å². The summed E-state index contributed by atoms with van der Waals surface area (Å²) >= 11 is 3.10. The molecule has 0 amide bonds. The fourth-order valence-electron chi connectivity index (χ4n) is 1.55. The van der Waals surface area contributed by atoms with Gasteiger partial charge in [0.25, 0.3) is 0 Å². The third-order valence-corrected chi connectivity index (χ3v) is 2.93. The SMILES string of the molecule is FC(F)(F)c1cc(Br)cc(C2CCN2)c1. The second-order valence-corrected chi connectivity index (χ2v) is 4.48. The molecular weight excluding hydrogens is 271 g/mol. The summed E-state index contributed by atoms with van der Waals surface area (Å²) in [5, 5.41) is 3.08. The molecule has 0 aromatic heterocycles. The molecule has 82 valence electrons. The molecule has 0 saturated carbocycles. The van der Waals surface area contributed by atoms with Crippen LogP contribution in [0.3, 0.4) is 0 Å². The number of alkyl halides is 3. The lowest BCUT2D eigenvalue weighted by molar-refractivity contribution is -0.137. The highest BCUT2D eigenvalue weighted by molar-refractivity contribution is 9.10. The van der Waals surface area contributed by atoms with Crippen LogP contribution in [0.25, 0.3) is 0 Å². The van der Waals surface area contributed by atoms with Crippen molar-refractivity contribution in [2.75, 3.05) is 6.54 Å². The topological polar surface area (TPSA) is 12.0 Å². The van der Waals surface area contributed by atoms with Gasteiger partial charge in [-0.15, -0.1) is 0 Å². The van der Waals surface area contributed by atoms with E-state index in [1.165, 1.54) is 6.07 Å². The van der Waals surface area contributed by atoms with Gasteiger partial charge in [0.1, 0.15) is 0 Å². The summed E-state index contributed by atoms with van der Waals surface area (Å²) in [6.07, 6.45) is -3.38. The van der Waals surface area contributed by atoms with Gasteiger partial charge in [0.15, 0.2) is 0 Å². The first-order chi connectivity index (χ1) is 6.97. The largest absolute Gasteiger partial charge is 0.416 e. The van der Waals surface area contributed by atoms with Crippen LogP contribution in [0.1, 0.15) is 23.6 Å². The molecule has 1 N–H and O–H groups in total. The highest BCUT2D eigenvalue weighted by atomic mass is 79.9. The normalized spacial score (nSPS) is 21.2. The molecule has 1 atom stereocenters. The lowest BCUT2D eigenvalue weighted by Gasteiger charge is -2.28. The molecule has 1 heterocycles. The van der Waals surface area contributed by atoms with Crippen molar-refractivity contribution in [2.24, 2.45) is 0 Å². The number of benzene rings is 1. The zero-order valence-corrected chi connectivity index (χ0v) is 9.32. The zero-order valence-electron chi connectivity index (χ0n) is 7.74. The summed E-state index contributed by atoms with van der Waals surface area (Å²) in [7, 11) is 0. The summed E-state index contributed by atoms with van der Waals surface area (Å²) in [6, 6.07) is 4.11. The Morgan fingerprint density at radius 1 is 1.27 bits per heavy atom. The summed E-state index contributed by atoms with van der Waals surface area (Å²) in [4.78, 5) is 0. The molecule has 2 rings (SSSR count). The van der Waals surface area contributed by atoms with Crippen LogP contribution in [0.4, 0.5) is 13.2 Å². The maximum absolute atomic E-state index is 12.5. The highest BCUT2D eigenvalue weighted by Crippen LogP contribution is 2.34. The van der Waals surface area contributed by atoms with Crippen LogP contribution in [0.15, 0.2) is 22.7 Å². The molecule has 1 nitrogen and oxygen atoms in total. The highest BCUT2D eigenvalue weighted by Gasteiger charge is 2.32. The molecule has 1 unspecified atom stereocenters. The van der Waals surface area contributed by atoms with Crippen molar-refractivity contribution in [1.29, 1.82) is 0 Å². The number of rotatable bonds is 1. The van der Waals surface area contributed by atoms with E-state index in [9.17, 15) is 13.2 Å². The average molecular weight is 280 g/mol. The molecule has 15 heavy (non-hydrogen) atoms. The van der Waals surface area contributed by atoms with Crippen molar-refractivity contribution in [1.82, 2.24) is 5.32 Å². The molecule has 1 fully saturated rings. The van der Waals surface area contributed by atoms with Crippen LogP contribution in [0.5, 0.6) is 0 Å². The number of hydrogen-bond acceptors (Lipinski definition) is 1. The van der Waals surface area contributed by atoms with E-state index in [1.807, 2.05) is 0 Å². The quantitative estimate of drug-likeness (QED) is 0.830. The van der Waals surface area contributed by atoms with E-state index in [0.29, 0.717) is 10.0 Å². The van der Waals surface area contributed by atoms with Crippen LogP contribution in [-0.4, -0.2) is 6.54 Å². The summed E-state index contributed by atoms with van der Waals surface area (Å²) in [5.74, 6) is 0. The number of halogens is 4. The molecule has 1 aliphatic rings. The van der Waals surface area contributed by atoms with Crippen LogP contribution in [0.2, 0.25) is 0 Å². The van der Waals surface area contributed by atoms with Gasteiger partial charge in [0.05, 0.1) is 5.56 Å². The standard InChI is InChI=1S/C10H9BrF3N/c11-8-4-6(9-1-2-15-9)3-7(5-8)10(12,13)14/h3-5,9,15H,1-2H2. The monoisotopic (exact) mass is 279 g/mol. The van der Waals surface area contributed by atoms with Gasteiger partial charge in [-0.25, -0.2) is 0 Å². The van der Waals surface area contributed by atoms with Gasteiger partial charge in [-0.3, -0.25) is 0 Å². The Bertz CT molecular complexity index is 371. The van der Waals surface area contributed by atoms with Gasteiger partial charge in [-0.05, 0) is 36.7 Å². The molecular formula is C10H9BrF3N. The predicted octanol–water partition coefficient (Wildman–Crippen LogP) is 3.50. The van der Waals surface area contributed by atoms with Crippen molar-refractivity contribution in [3.05, 3.63) is 33.8 Å². The number of hydrogen-bond donors (Lipinski definition) is 1. The van der Waals surface area contributed by atoms with Crippen molar-refractivity contribution >= 4 is 15.9 Å². The minimum absolute atomic E-state index is 0.0728. The lowest BCUT2D eigenvalue weighted by atomic mass is 9.96. The van der Waals surface area contributed by atoms with Gasteiger partial charge in [-0.2, -0.15) is 13.2 Å². The minimum atomic E-state index is -4.28. The molecule has 0 aliphatic carbocycles. The second kappa shape index (κ2) is 3.79. The maximum Gasteiger partial charge on any atom is 0.416 e. The minimum Gasteiger partial charge on any atom is -0.310 e. The van der Waals surface area contributed by atoms with E-state index < -0.39 is 11.7 Å². The molecule has 1 saturated heterocycles. The molecule has 5 heteroatoms. The molecule has 0 spiro atoms. The van der Waals surface area contributed by atoms with Gasteiger partial charge >= 0.3 is 6.18 Å². The Kier molecular flexibility index (Phi) is 2.77. The van der Waals surface area contributed by atoms with Crippen molar-refractivity contribution < 1.29 is 13.2 Å². The Labute approximate surface area is 93.8 Å². The fraction of sp³-hybridized carbons (Fsp3) is 0.400. The van der Waals surface area contributed by atoms with Crippen LogP contribution >= 0.6 is 15.9 Å². The molecule has 0 radical (unpaired) electrons. The third kappa shape index (κ3) is 2.34. The Morgan fingerprint density at radius 3 is 2.40 bits per heavy atom. The van der Waals surface area contributed by atoms with E-state index in [0.717, 1.165) is 19.0 Å². The first-order valence-electron chi connectivity index (χ1n) is 4.58. The van der Waals surface area contributed by atoms with Crippen molar-refractivity contribution in [3.63, 3.8) is 0 Å². The van der Waals surface area contributed by atoms with Gasteiger partial charge in [0, 0.05) is 10.5 Å². The first kappa shape index (κ1) is 11.0. The predicted molar refractivity (Wildman–Crippen MR) is 54.5 cm³/mol. The Hall–Kier alpha value is -0.550. The second-order valence-electron chi connectivity index (χ2n) is 3.57. The van der Waals surface area contributed by atoms with Crippen molar-refractivity contribution in [2.45, 2.75) is 18.6 Å². The van der Waals surface area contributed by atoms with E-state index in [4.69, 9.17) is 0 Å². The van der Waals surface area contributed by atoms with E-state index in [-0.39, 0.29) is 6.04 Å². The third-order valence-electron chi connectivity index (χ3n) is 2.47. The Morgan fingerprint density at radius 2 is 1.93 bits per heavy atom. The molecule has 1 aromatic rings. The smallest absolute Gasteiger partial charge is 0.310 e. The van der Waals surface area contributed by atoms with E-state index in [2.05, 4.69) is 21.2 Å². The zero-order chi connectivity index (χ0) is 11.1. The first-order valence-corrected chi connectivity index (χ1v) is 5.37. The number of nitrogens with one attached hydrogen (secondary N) is 1. The lowest BCUT2D eigenvalue weighted by Crippen LogP contribution is -2.35. The molecule has 1 aromatic carbocycles. The molecule has 0 bridgehead atoms. The molecule has 1 aliphatic heterocycles. The van der Waals surface area contributed by atoms with E-state index >= 15 is 0 Å². The van der Waals surface area contributed by atoms with Crippen LogP contribution < -0.4 is 5.32 Å². The summed E-state index contributed by atoms with van der Waals surface area (Å²) < 4.78 is 37.9. The van der Waals surface area contributed by atoms with E-state index in [1.54, 1.807) is 6.07 Å². The summed E-state index contributed by atoms with van der Waals surface area (Å²) in [6.45, 7) is 0.874. The van der Waals surface area contributed by atoms with Crippen molar-refractivity contribution in [3.8, 4) is 0 Å². The summed E-state index contributed by atoms with van der Waals surface area (Å²) in [5.41, 5.74) is 0.100. The average Bonchev–Trinajstić information content (AvgIpc) is 1.97. The maximum atomic E-state index is 12.5. The fourth-order valence-corrected chi connectivity index (χ4v) is 2.06. The van der Waals surface area contributed by atoms with Gasteiger partial charge < -0.3 is 5.32 Å². The van der Waals surface area contributed by atoms with Gasteiger partial charge in [-0.1, -0.05) is 15.9 Å². The Balaban J connectivity index is 2.36. The van der Waals surface area contributed by atoms with Gasteiger partial charge in [0.2, 0.25) is 0 Å².